The lowest BCUT2D eigenvalue weighted by atomic mass is 9.90. The average Bonchev–Trinajstić information content (AvgIpc) is 3.58. The number of morpholine rings is 1. The second-order valence-electron chi connectivity index (χ2n) is 11.1. The number of benzene rings is 1. The Balaban J connectivity index is 1.32. The second kappa shape index (κ2) is 10.3. The maximum atomic E-state index is 11.7. The number of amides is 1. The van der Waals surface area contributed by atoms with Crippen LogP contribution in [0.4, 0.5) is 5.82 Å². The van der Waals surface area contributed by atoms with Crippen molar-refractivity contribution in [2.45, 2.75) is 45.7 Å². The number of likely N-dealkylation sites (tertiary alicyclic amines) is 1. The molecule has 41 heavy (non-hydrogen) atoms. The number of aryl methyl sites for hydroxylation is 3. The van der Waals surface area contributed by atoms with Gasteiger partial charge < -0.3 is 19.1 Å². The molecule has 0 spiro atoms. The highest BCUT2D eigenvalue weighted by molar-refractivity contribution is 5.89. The van der Waals surface area contributed by atoms with E-state index in [-0.39, 0.29) is 18.0 Å². The molecule has 1 atom stereocenters. The number of nitrogens with zero attached hydrogens (tertiary/aromatic N) is 7. The molecule has 1 aromatic carbocycles. The lowest BCUT2D eigenvalue weighted by Gasteiger charge is -2.38. The summed E-state index contributed by atoms with van der Waals surface area (Å²) in [5.74, 6) is 2.50. The van der Waals surface area contributed by atoms with E-state index < -0.39 is 0 Å². The monoisotopic (exact) mass is 551 g/mol. The number of carbonyl (C=O) groups is 1. The van der Waals surface area contributed by atoms with E-state index in [1.807, 2.05) is 41.9 Å². The van der Waals surface area contributed by atoms with Gasteiger partial charge in [-0.3, -0.25) is 9.48 Å². The quantitative estimate of drug-likeness (QED) is 0.359. The summed E-state index contributed by atoms with van der Waals surface area (Å²) in [5, 5.41) is 8.83. The minimum Gasteiger partial charge on any atom is -0.377 e. The lowest BCUT2D eigenvalue weighted by molar-refractivity contribution is -0.134. The molecule has 2 saturated heterocycles. The lowest BCUT2D eigenvalue weighted by Crippen LogP contribution is -2.49. The van der Waals surface area contributed by atoms with Gasteiger partial charge in [0.15, 0.2) is 5.82 Å². The molecule has 0 radical (unpaired) electrons. The number of fused-ring (bicyclic) bond motifs is 1. The molecule has 1 amide bonds. The Morgan fingerprint density at radius 2 is 1.90 bits per heavy atom. The van der Waals surface area contributed by atoms with E-state index >= 15 is 0 Å². The fourth-order valence-electron chi connectivity index (χ4n) is 6.17. The minimum absolute atomic E-state index is 0.0323. The van der Waals surface area contributed by atoms with Gasteiger partial charge >= 0.3 is 0 Å². The van der Waals surface area contributed by atoms with E-state index in [9.17, 15) is 4.79 Å². The molecule has 2 fully saturated rings. The van der Waals surface area contributed by atoms with Crippen LogP contribution in [0.2, 0.25) is 0 Å². The Hall–Kier alpha value is -4.31. The number of aromatic nitrogens is 5. The summed E-state index contributed by atoms with van der Waals surface area (Å²) < 4.78 is 13.4. The summed E-state index contributed by atoms with van der Waals surface area (Å²) in [6, 6.07) is 10.7. The Morgan fingerprint density at radius 3 is 2.66 bits per heavy atom. The van der Waals surface area contributed by atoms with Crippen LogP contribution < -0.4 is 4.90 Å². The van der Waals surface area contributed by atoms with Crippen LogP contribution in [0, 0.1) is 13.8 Å². The number of ether oxygens (including phenoxy) is 1. The number of carbonyl (C=O) groups excluding carboxylic acids is 1. The van der Waals surface area contributed by atoms with Gasteiger partial charge in [0.1, 0.15) is 11.6 Å². The molecule has 5 heterocycles. The molecule has 0 N–H and O–H groups in total. The summed E-state index contributed by atoms with van der Waals surface area (Å²) >= 11 is 0. The molecule has 10 nitrogen and oxygen atoms in total. The Kier molecular flexibility index (Phi) is 6.42. The topological polar surface area (TPSA) is 102 Å². The van der Waals surface area contributed by atoms with Crippen molar-refractivity contribution in [3.05, 3.63) is 76.6 Å². The van der Waals surface area contributed by atoms with Crippen LogP contribution in [-0.4, -0.2) is 68.6 Å². The first kappa shape index (κ1) is 25.6. The molecule has 7 rings (SSSR count). The van der Waals surface area contributed by atoms with Crippen LogP contribution in [0.15, 0.2) is 47.2 Å². The molecule has 2 aliphatic heterocycles. The Bertz CT molecular complexity index is 1620. The van der Waals surface area contributed by atoms with Gasteiger partial charge in [-0.25, -0.2) is 9.97 Å². The maximum Gasteiger partial charge on any atom is 0.219 e. The highest BCUT2D eigenvalue weighted by Gasteiger charge is 2.33. The first-order valence-corrected chi connectivity index (χ1v) is 14.2. The summed E-state index contributed by atoms with van der Waals surface area (Å²) in [7, 11) is 0. The molecule has 210 valence electrons. The zero-order valence-corrected chi connectivity index (χ0v) is 23.6. The van der Waals surface area contributed by atoms with Crippen molar-refractivity contribution in [1.82, 2.24) is 29.8 Å². The SMILES string of the molecule is CC(=O)N1CC(n2cc(-c3nc4c(c(N5CCOCC5c5ccccc5)n3)C=C(c3c(C)noc3C)CC4)cn2)C1. The first-order chi connectivity index (χ1) is 20.0. The highest BCUT2D eigenvalue weighted by Crippen LogP contribution is 2.40. The number of anilines is 1. The zero-order valence-electron chi connectivity index (χ0n) is 23.6. The van der Waals surface area contributed by atoms with Crippen LogP contribution in [0.25, 0.3) is 23.0 Å². The number of rotatable bonds is 5. The van der Waals surface area contributed by atoms with Crippen LogP contribution in [0.1, 0.15) is 59.3 Å². The fraction of sp³-hybridized carbons (Fsp3) is 0.387. The van der Waals surface area contributed by atoms with Crippen molar-refractivity contribution in [1.29, 1.82) is 0 Å². The molecular formula is C31H33N7O3. The van der Waals surface area contributed by atoms with Gasteiger partial charge in [0.25, 0.3) is 0 Å². The minimum atomic E-state index is 0.0323. The largest absolute Gasteiger partial charge is 0.377 e. The second-order valence-corrected chi connectivity index (χ2v) is 11.1. The predicted molar refractivity (Wildman–Crippen MR) is 154 cm³/mol. The summed E-state index contributed by atoms with van der Waals surface area (Å²) in [6.07, 6.45) is 7.72. The summed E-state index contributed by atoms with van der Waals surface area (Å²) in [4.78, 5) is 26.2. The van der Waals surface area contributed by atoms with E-state index in [1.54, 1.807) is 6.92 Å². The predicted octanol–water partition coefficient (Wildman–Crippen LogP) is 4.41. The van der Waals surface area contributed by atoms with Gasteiger partial charge in [0, 0.05) is 43.9 Å². The van der Waals surface area contributed by atoms with E-state index in [0.717, 1.165) is 59.0 Å². The Morgan fingerprint density at radius 1 is 1.07 bits per heavy atom. The maximum absolute atomic E-state index is 11.7. The molecule has 1 unspecified atom stereocenters. The molecule has 3 aliphatic rings. The first-order valence-electron chi connectivity index (χ1n) is 14.2. The molecule has 3 aromatic heterocycles. The number of hydrogen-bond donors (Lipinski definition) is 0. The summed E-state index contributed by atoms with van der Waals surface area (Å²) in [5.41, 5.74) is 7.31. The van der Waals surface area contributed by atoms with Gasteiger partial charge in [0.05, 0.1) is 48.4 Å². The number of allylic oxidation sites excluding steroid dienone is 1. The van der Waals surface area contributed by atoms with Crippen molar-refractivity contribution < 1.29 is 14.1 Å². The molecule has 1 aliphatic carbocycles. The highest BCUT2D eigenvalue weighted by atomic mass is 16.5. The van der Waals surface area contributed by atoms with E-state index in [0.29, 0.717) is 32.1 Å². The van der Waals surface area contributed by atoms with Crippen molar-refractivity contribution in [2.24, 2.45) is 0 Å². The molecular weight excluding hydrogens is 518 g/mol. The third-order valence-electron chi connectivity index (χ3n) is 8.43. The molecule has 10 heteroatoms. The van der Waals surface area contributed by atoms with Crippen molar-refractivity contribution in [2.75, 3.05) is 37.7 Å². The van der Waals surface area contributed by atoms with Crippen LogP contribution in [0.3, 0.4) is 0 Å². The zero-order chi connectivity index (χ0) is 28.1. The molecule has 0 bridgehead atoms. The molecule has 4 aromatic rings. The van der Waals surface area contributed by atoms with Gasteiger partial charge in [-0.2, -0.15) is 5.10 Å². The van der Waals surface area contributed by atoms with E-state index in [4.69, 9.17) is 19.2 Å². The average molecular weight is 552 g/mol. The van der Waals surface area contributed by atoms with Crippen LogP contribution >= 0.6 is 0 Å². The van der Waals surface area contributed by atoms with E-state index in [2.05, 4.69) is 45.5 Å². The van der Waals surface area contributed by atoms with E-state index in [1.165, 1.54) is 11.1 Å². The van der Waals surface area contributed by atoms with Crippen LogP contribution in [0.5, 0.6) is 0 Å². The third-order valence-corrected chi connectivity index (χ3v) is 8.43. The van der Waals surface area contributed by atoms with Crippen molar-refractivity contribution in [3.63, 3.8) is 0 Å². The molecule has 0 saturated carbocycles. The number of hydrogen-bond acceptors (Lipinski definition) is 8. The third kappa shape index (κ3) is 4.61. The van der Waals surface area contributed by atoms with Gasteiger partial charge in [-0.05, 0) is 43.9 Å². The van der Waals surface area contributed by atoms with Gasteiger partial charge in [0.2, 0.25) is 5.91 Å². The van der Waals surface area contributed by atoms with Crippen molar-refractivity contribution in [3.8, 4) is 11.4 Å². The normalized spacial score (nSPS) is 19.1. The van der Waals surface area contributed by atoms with Crippen LogP contribution in [-0.2, 0) is 16.0 Å². The van der Waals surface area contributed by atoms with Gasteiger partial charge in [-0.1, -0.05) is 35.5 Å². The standard InChI is InChI=1S/C31H33N7O3/c1-19-29(20(2)41-35-19)23-9-10-27-26(13-23)31(37-11-12-40-18-28(37)22-7-5-4-6-8-22)34-30(33-27)24-14-32-38(15-24)25-16-36(17-25)21(3)39/h4-8,13-15,25,28H,9-12,16-18H2,1-3H3. The van der Waals surface area contributed by atoms with Crippen molar-refractivity contribution >= 4 is 23.4 Å². The smallest absolute Gasteiger partial charge is 0.219 e. The van der Waals surface area contributed by atoms with Gasteiger partial charge in [-0.15, -0.1) is 0 Å². The fourth-order valence-corrected chi connectivity index (χ4v) is 6.17. The Labute approximate surface area is 238 Å². The summed E-state index contributed by atoms with van der Waals surface area (Å²) in [6.45, 7) is 8.85.